The van der Waals surface area contributed by atoms with Crippen molar-refractivity contribution in [3.05, 3.63) is 54.6 Å². The van der Waals surface area contributed by atoms with E-state index < -0.39 is 0 Å². The summed E-state index contributed by atoms with van der Waals surface area (Å²) in [6.07, 6.45) is 1.26. The number of likely N-dealkylation sites (tertiary alicyclic amines) is 1. The van der Waals surface area contributed by atoms with E-state index in [0.29, 0.717) is 12.1 Å². The summed E-state index contributed by atoms with van der Waals surface area (Å²) in [5.41, 5.74) is 3.94. The lowest BCUT2D eigenvalue weighted by molar-refractivity contribution is 0.384. The molecule has 0 spiro atoms. The van der Waals surface area contributed by atoms with Crippen LogP contribution in [0, 0.1) is 0 Å². The maximum absolute atomic E-state index is 3.83. The van der Waals surface area contributed by atoms with Gasteiger partial charge in [-0.05, 0) is 51.2 Å². The van der Waals surface area contributed by atoms with Gasteiger partial charge in [-0.3, -0.25) is 0 Å². The Labute approximate surface area is 157 Å². The number of rotatable bonds is 5. The number of para-hydroxylation sites is 3. The molecule has 1 N–H and O–H groups in total. The SMILES string of the molecule is CC(CN1CCN(c2ccccc2)c2ccccc21)NC1CCN(C)C1. The maximum Gasteiger partial charge on any atom is 0.0649 e. The van der Waals surface area contributed by atoms with Gasteiger partial charge in [0.05, 0.1) is 11.4 Å². The van der Waals surface area contributed by atoms with E-state index in [1.165, 1.54) is 36.6 Å². The standard InChI is InChI=1S/C22H30N4/c1-18(23-19-12-13-24(2)17-19)16-25-14-15-26(20-8-4-3-5-9-20)22-11-7-6-10-21(22)25/h3-11,18-19,23H,12-17H2,1-2H3. The summed E-state index contributed by atoms with van der Waals surface area (Å²) in [5, 5.41) is 3.83. The van der Waals surface area contributed by atoms with E-state index in [9.17, 15) is 0 Å². The molecule has 26 heavy (non-hydrogen) atoms. The molecular weight excluding hydrogens is 320 g/mol. The average molecular weight is 351 g/mol. The molecule has 1 fully saturated rings. The van der Waals surface area contributed by atoms with Gasteiger partial charge in [-0.25, -0.2) is 0 Å². The van der Waals surface area contributed by atoms with E-state index in [2.05, 4.69) is 88.6 Å². The number of hydrogen-bond donors (Lipinski definition) is 1. The van der Waals surface area contributed by atoms with Gasteiger partial charge in [0.2, 0.25) is 0 Å². The van der Waals surface area contributed by atoms with E-state index >= 15 is 0 Å². The molecule has 0 radical (unpaired) electrons. The summed E-state index contributed by atoms with van der Waals surface area (Å²) in [4.78, 5) is 7.40. The molecule has 2 heterocycles. The molecular formula is C22H30N4. The topological polar surface area (TPSA) is 21.8 Å². The van der Waals surface area contributed by atoms with Crippen molar-refractivity contribution in [1.29, 1.82) is 0 Å². The highest BCUT2D eigenvalue weighted by Crippen LogP contribution is 2.37. The predicted octanol–water partition coefficient (Wildman–Crippen LogP) is 3.33. The average Bonchev–Trinajstić information content (AvgIpc) is 3.07. The van der Waals surface area contributed by atoms with Gasteiger partial charge in [-0.2, -0.15) is 0 Å². The first-order valence-corrected chi connectivity index (χ1v) is 9.82. The third-order valence-corrected chi connectivity index (χ3v) is 5.58. The monoisotopic (exact) mass is 350 g/mol. The molecule has 2 aliphatic rings. The van der Waals surface area contributed by atoms with Crippen molar-refractivity contribution in [3.63, 3.8) is 0 Å². The van der Waals surface area contributed by atoms with Crippen molar-refractivity contribution in [2.75, 3.05) is 49.6 Å². The van der Waals surface area contributed by atoms with Crippen LogP contribution in [0.1, 0.15) is 13.3 Å². The molecule has 0 saturated carbocycles. The first kappa shape index (κ1) is 17.4. The van der Waals surface area contributed by atoms with Crippen molar-refractivity contribution in [1.82, 2.24) is 10.2 Å². The third kappa shape index (κ3) is 3.71. The second kappa shape index (κ2) is 7.68. The highest BCUT2D eigenvalue weighted by molar-refractivity contribution is 5.79. The molecule has 1 saturated heterocycles. The normalized spacial score (nSPS) is 21.7. The van der Waals surface area contributed by atoms with Crippen molar-refractivity contribution in [2.24, 2.45) is 0 Å². The number of hydrogen-bond acceptors (Lipinski definition) is 4. The van der Waals surface area contributed by atoms with E-state index in [-0.39, 0.29) is 0 Å². The van der Waals surface area contributed by atoms with Crippen LogP contribution in [0.2, 0.25) is 0 Å². The van der Waals surface area contributed by atoms with Gasteiger partial charge in [-0.1, -0.05) is 30.3 Å². The van der Waals surface area contributed by atoms with Crippen LogP contribution in [0.3, 0.4) is 0 Å². The van der Waals surface area contributed by atoms with Crippen molar-refractivity contribution < 1.29 is 0 Å². The minimum Gasteiger partial charge on any atom is -0.367 e. The summed E-state index contributed by atoms with van der Waals surface area (Å²) in [7, 11) is 2.21. The number of benzene rings is 2. The lowest BCUT2D eigenvalue weighted by Gasteiger charge is -2.40. The Balaban J connectivity index is 1.47. The summed E-state index contributed by atoms with van der Waals surface area (Å²) in [6, 6.07) is 20.7. The molecule has 2 atom stereocenters. The van der Waals surface area contributed by atoms with Gasteiger partial charge >= 0.3 is 0 Å². The molecule has 2 aliphatic heterocycles. The third-order valence-electron chi connectivity index (χ3n) is 5.58. The number of fused-ring (bicyclic) bond motifs is 1. The highest BCUT2D eigenvalue weighted by atomic mass is 15.3. The lowest BCUT2D eigenvalue weighted by atomic mass is 10.1. The number of anilines is 3. The molecule has 4 nitrogen and oxygen atoms in total. The van der Waals surface area contributed by atoms with Crippen molar-refractivity contribution >= 4 is 17.1 Å². The number of nitrogens with zero attached hydrogens (tertiary/aromatic N) is 3. The van der Waals surface area contributed by atoms with E-state index in [1.807, 2.05) is 0 Å². The lowest BCUT2D eigenvalue weighted by Crippen LogP contribution is -2.48. The molecule has 0 aliphatic carbocycles. The minimum absolute atomic E-state index is 0.489. The first-order valence-electron chi connectivity index (χ1n) is 9.82. The zero-order chi connectivity index (χ0) is 17.9. The van der Waals surface area contributed by atoms with Gasteiger partial charge in [0.25, 0.3) is 0 Å². The Hall–Kier alpha value is -2.04. The Morgan fingerprint density at radius 1 is 0.962 bits per heavy atom. The fourth-order valence-corrected chi connectivity index (χ4v) is 4.34. The van der Waals surface area contributed by atoms with Crippen LogP contribution in [0.4, 0.5) is 17.1 Å². The smallest absolute Gasteiger partial charge is 0.0649 e. The van der Waals surface area contributed by atoms with Crippen LogP contribution in [0.15, 0.2) is 54.6 Å². The van der Waals surface area contributed by atoms with E-state index in [4.69, 9.17) is 0 Å². The van der Waals surface area contributed by atoms with Gasteiger partial charge in [0, 0.05) is 44.0 Å². The summed E-state index contributed by atoms with van der Waals surface area (Å²) < 4.78 is 0. The minimum atomic E-state index is 0.489. The van der Waals surface area contributed by atoms with Crippen LogP contribution in [0.25, 0.3) is 0 Å². The van der Waals surface area contributed by atoms with Gasteiger partial charge < -0.3 is 20.0 Å². The Morgan fingerprint density at radius 2 is 1.69 bits per heavy atom. The fourth-order valence-electron chi connectivity index (χ4n) is 4.34. The Kier molecular flexibility index (Phi) is 5.14. The Morgan fingerprint density at radius 3 is 2.42 bits per heavy atom. The van der Waals surface area contributed by atoms with Crippen LogP contribution < -0.4 is 15.1 Å². The van der Waals surface area contributed by atoms with Crippen LogP contribution >= 0.6 is 0 Å². The second-order valence-electron chi connectivity index (χ2n) is 7.74. The molecule has 0 aromatic heterocycles. The van der Waals surface area contributed by atoms with E-state index in [1.54, 1.807) is 0 Å². The molecule has 2 aromatic carbocycles. The zero-order valence-electron chi connectivity index (χ0n) is 15.9. The summed E-state index contributed by atoms with van der Waals surface area (Å²) in [5.74, 6) is 0. The molecule has 0 bridgehead atoms. The zero-order valence-corrected chi connectivity index (χ0v) is 15.9. The quantitative estimate of drug-likeness (QED) is 0.893. The second-order valence-corrected chi connectivity index (χ2v) is 7.74. The first-order chi connectivity index (χ1) is 12.7. The fraction of sp³-hybridized carbons (Fsp3) is 0.455. The molecule has 4 rings (SSSR count). The van der Waals surface area contributed by atoms with Crippen LogP contribution in [-0.2, 0) is 0 Å². The van der Waals surface area contributed by atoms with Crippen LogP contribution in [-0.4, -0.2) is 56.8 Å². The molecule has 138 valence electrons. The molecule has 4 heteroatoms. The van der Waals surface area contributed by atoms with Gasteiger partial charge in [-0.15, -0.1) is 0 Å². The number of nitrogens with one attached hydrogen (secondary N) is 1. The van der Waals surface area contributed by atoms with Crippen molar-refractivity contribution in [3.8, 4) is 0 Å². The summed E-state index contributed by atoms with van der Waals surface area (Å²) in [6.45, 7) is 7.85. The van der Waals surface area contributed by atoms with Gasteiger partial charge in [0.15, 0.2) is 0 Å². The van der Waals surface area contributed by atoms with Crippen molar-refractivity contribution in [2.45, 2.75) is 25.4 Å². The number of likely N-dealkylation sites (N-methyl/N-ethyl adjacent to an activating group) is 1. The molecule has 2 unspecified atom stereocenters. The van der Waals surface area contributed by atoms with Gasteiger partial charge in [0.1, 0.15) is 0 Å². The predicted molar refractivity (Wildman–Crippen MR) is 111 cm³/mol. The molecule has 0 amide bonds. The molecule has 2 aromatic rings. The largest absolute Gasteiger partial charge is 0.367 e. The van der Waals surface area contributed by atoms with Crippen LogP contribution in [0.5, 0.6) is 0 Å². The highest BCUT2D eigenvalue weighted by Gasteiger charge is 2.26. The summed E-state index contributed by atoms with van der Waals surface area (Å²) >= 11 is 0. The van der Waals surface area contributed by atoms with E-state index in [0.717, 1.165) is 19.6 Å². The Bertz CT molecular complexity index is 717. The maximum atomic E-state index is 3.83.